The van der Waals surface area contributed by atoms with Gasteiger partial charge in [-0.25, -0.2) is 4.39 Å². The van der Waals surface area contributed by atoms with Crippen LogP contribution in [0, 0.1) is 11.7 Å². The predicted octanol–water partition coefficient (Wildman–Crippen LogP) is 4.95. The molecule has 8 heteroatoms. The maximum atomic E-state index is 16.5. The lowest BCUT2D eigenvalue weighted by atomic mass is 9.79. The lowest BCUT2D eigenvalue weighted by Crippen LogP contribution is -2.51. The molecule has 4 aromatic rings. The number of hydrogen-bond acceptors (Lipinski definition) is 7. The monoisotopic (exact) mass is 527 g/mol. The number of piperazine rings is 1. The average molecular weight is 528 g/mol. The number of phenolic OH excluding ortho intramolecular Hbond substituents is 1. The highest BCUT2D eigenvalue weighted by molar-refractivity contribution is 6.01. The molecule has 3 heterocycles. The normalized spacial score (nSPS) is 24.5. The minimum Gasteiger partial charge on any atom is -0.508 e. The second-order valence-electron chi connectivity index (χ2n) is 11.6. The molecule has 7 nitrogen and oxygen atoms in total. The third-order valence-corrected chi connectivity index (χ3v) is 8.89. The van der Waals surface area contributed by atoms with E-state index in [9.17, 15) is 5.11 Å². The summed E-state index contributed by atoms with van der Waals surface area (Å²) in [6.07, 6.45) is 4.55. The number of anilines is 1. The minimum atomic E-state index is -0.426. The van der Waals surface area contributed by atoms with Crippen LogP contribution in [0.4, 0.5) is 10.2 Å². The van der Waals surface area contributed by atoms with Gasteiger partial charge in [0.15, 0.2) is 5.82 Å². The molecule has 1 aliphatic carbocycles. The van der Waals surface area contributed by atoms with E-state index in [0.717, 1.165) is 55.4 Å². The Morgan fingerprint density at radius 3 is 2.51 bits per heavy atom. The van der Waals surface area contributed by atoms with Crippen LogP contribution in [0.3, 0.4) is 0 Å². The van der Waals surface area contributed by atoms with Gasteiger partial charge in [-0.05, 0) is 74.3 Å². The molecule has 4 atom stereocenters. The molecule has 0 spiro atoms. The number of ether oxygens (including phenoxy) is 1. The van der Waals surface area contributed by atoms with Gasteiger partial charge in [0.2, 0.25) is 0 Å². The number of fused-ring (bicyclic) bond motifs is 4. The quantitative estimate of drug-likeness (QED) is 0.367. The van der Waals surface area contributed by atoms with Crippen LogP contribution in [-0.4, -0.2) is 71.9 Å². The van der Waals surface area contributed by atoms with Crippen LogP contribution < -0.4 is 15.0 Å². The first-order valence-electron chi connectivity index (χ1n) is 14.0. The fraction of sp³-hybridized carbons (Fsp3) is 0.419. The van der Waals surface area contributed by atoms with Crippen molar-refractivity contribution in [3.63, 3.8) is 0 Å². The van der Waals surface area contributed by atoms with Crippen molar-refractivity contribution in [3.05, 3.63) is 54.3 Å². The molecule has 3 aromatic carbocycles. The van der Waals surface area contributed by atoms with Gasteiger partial charge in [-0.2, -0.15) is 9.97 Å². The number of nitrogens with zero attached hydrogens (tertiary/aromatic N) is 4. The Morgan fingerprint density at radius 1 is 0.974 bits per heavy atom. The lowest BCUT2D eigenvalue weighted by molar-refractivity contribution is 0.0613. The summed E-state index contributed by atoms with van der Waals surface area (Å²) in [4.78, 5) is 14.0. The molecule has 2 aliphatic heterocycles. The predicted molar refractivity (Wildman–Crippen MR) is 152 cm³/mol. The number of aromatic nitrogens is 2. The molecule has 202 valence electrons. The molecule has 1 saturated carbocycles. The largest absolute Gasteiger partial charge is 0.508 e. The van der Waals surface area contributed by atoms with Gasteiger partial charge in [0.25, 0.3) is 0 Å². The number of benzene rings is 3. The molecular weight excluding hydrogens is 493 g/mol. The Bertz CT molecular complexity index is 1550. The highest BCUT2D eigenvalue weighted by atomic mass is 19.1. The van der Waals surface area contributed by atoms with Crippen molar-refractivity contribution in [2.24, 2.45) is 5.92 Å². The van der Waals surface area contributed by atoms with E-state index in [-0.39, 0.29) is 17.3 Å². The Labute approximate surface area is 227 Å². The summed E-state index contributed by atoms with van der Waals surface area (Å²) in [5.41, 5.74) is 1.29. The molecule has 39 heavy (non-hydrogen) atoms. The molecule has 0 radical (unpaired) electrons. The average Bonchev–Trinajstić information content (AvgIpc) is 3.24. The molecule has 2 unspecified atom stereocenters. The summed E-state index contributed by atoms with van der Waals surface area (Å²) in [6, 6.07) is 16.3. The minimum absolute atomic E-state index is 0.0998. The van der Waals surface area contributed by atoms with Crippen molar-refractivity contribution in [1.29, 1.82) is 0 Å². The summed E-state index contributed by atoms with van der Waals surface area (Å²) in [5, 5.41) is 16.5. The zero-order valence-corrected chi connectivity index (χ0v) is 22.4. The number of rotatable bonds is 6. The molecule has 3 aliphatic rings. The van der Waals surface area contributed by atoms with Crippen molar-refractivity contribution < 1.29 is 14.2 Å². The maximum absolute atomic E-state index is 16.5. The maximum Gasteiger partial charge on any atom is 0.319 e. The molecule has 2 N–H and O–H groups in total. The van der Waals surface area contributed by atoms with Gasteiger partial charge in [-0.15, -0.1) is 0 Å². The summed E-state index contributed by atoms with van der Waals surface area (Å²) >= 11 is 0. The van der Waals surface area contributed by atoms with E-state index in [2.05, 4.69) is 34.2 Å². The van der Waals surface area contributed by atoms with Crippen molar-refractivity contribution in [1.82, 2.24) is 20.2 Å². The molecule has 1 aromatic heterocycles. The van der Waals surface area contributed by atoms with E-state index in [0.29, 0.717) is 47.2 Å². The van der Waals surface area contributed by atoms with Crippen LogP contribution in [0.1, 0.15) is 25.7 Å². The van der Waals surface area contributed by atoms with Gasteiger partial charge in [0.1, 0.15) is 17.1 Å². The highest BCUT2D eigenvalue weighted by Gasteiger charge is 2.35. The molecule has 0 amide bonds. The Hall–Kier alpha value is -3.49. The van der Waals surface area contributed by atoms with Crippen molar-refractivity contribution in [2.45, 2.75) is 43.8 Å². The van der Waals surface area contributed by atoms with Gasteiger partial charge in [-0.3, -0.25) is 0 Å². The van der Waals surface area contributed by atoms with Gasteiger partial charge in [0, 0.05) is 48.1 Å². The van der Waals surface area contributed by atoms with Crippen LogP contribution in [-0.2, 0) is 0 Å². The third kappa shape index (κ3) is 4.36. The summed E-state index contributed by atoms with van der Waals surface area (Å²) in [7, 11) is 4.20. The van der Waals surface area contributed by atoms with E-state index in [4.69, 9.17) is 9.72 Å². The van der Waals surface area contributed by atoms with E-state index in [1.807, 2.05) is 30.3 Å². The molecule has 2 bridgehead atoms. The number of phenols is 1. The lowest BCUT2D eigenvalue weighted by Gasteiger charge is -2.40. The molecule has 2 saturated heterocycles. The van der Waals surface area contributed by atoms with Crippen molar-refractivity contribution in [3.8, 4) is 22.9 Å². The Balaban J connectivity index is 1.33. The summed E-state index contributed by atoms with van der Waals surface area (Å²) < 4.78 is 22.7. The fourth-order valence-electron chi connectivity index (χ4n) is 6.73. The summed E-state index contributed by atoms with van der Waals surface area (Å²) in [6.45, 7) is 2.17. The van der Waals surface area contributed by atoms with Gasteiger partial charge in [0.05, 0.1) is 6.61 Å². The standard InChI is InChI=1S/C31H34FN5O2/c1-36(2)27-12-7-19(27)17-39-31-34-29-25(30(35-31)37-15-20-8-9-21(16-37)33-20)11-10-24(28(29)32)26-14-22(38)13-18-5-3-4-6-23(18)26/h3-6,10-11,13-14,19-21,27,33,38H,7-9,12,15-17H2,1-2H3/t19-,20?,21?,27-/m0/s1. The smallest absolute Gasteiger partial charge is 0.319 e. The topological polar surface area (TPSA) is 73.8 Å². The van der Waals surface area contributed by atoms with Gasteiger partial charge in [-0.1, -0.05) is 30.3 Å². The van der Waals surface area contributed by atoms with Crippen LogP contribution in [0.25, 0.3) is 32.8 Å². The Morgan fingerprint density at radius 2 is 1.77 bits per heavy atom. The third-order valence-electron chi connectivity index (χ3n) is 8.89. The highest BCUT2D eigenvalue weighted by Crippen LogP contribution is 2.39. The fourth-order valence-corrected chi connectivity index (χ4v) is 6.73. The van der Waals surface area contributed by atoms with Gasteiger partial charge < -0.3 is 25.0 Å². The number of nitrogens with one attached hydrogen (secondary N) is 1. The zero-order chi connectivity index (χ0) is 26.7. The van der Waals surface area contributed by atoms with Crippen molar-refractivity contribution in [2.75, 3.05) is 38.7 Å². The second kappa shape index (κ2) is 9.61. The van der Waals surface area contributed by atoms with E-state index in [1.54, 1.807) is 18.2 Å². The Kier molecular flexibility index (Phi) is 6.05. The molecule has 7 rings (SSSR count). The number of aromatic hydroxyl groups is 1. The molecule has 3 fully saturated rings. The van der Waals surface area contributed by atoms with Crippen LogP contribution >= 0.6 is 0 Å². The van der Waals surface area contributed by atoms with Crippen LogP contribution in [0.5, 0.6) is 11.8 Å². The van der Waals surface area contributed by atoms with Crippen molar-refractivity contribution >= 4 is 27.5 Å². The van der Waals surface area contributed by atoms with E-state index >= 15 is 4.39 Å². The zero-order valence-electron chi connectivity index (χ0n) is 22.4. The molecular formula is C31H34FN5O2. The first-order chi connectivity index (χ1) is 18.9. The van der Waals surface area contributed by atoms with Crippen LogP contribution in [0.15, 0.2) is 48.5 Å². The SMILES string of the molecule is CN(C)[C@H]1CC[C@H]1COc1nc(N2CC3CCC(C2)N3)c2ccc(-c3cc(O)cc4ccccc34)c(F)c2n1. The summed E-state index contributed by atoms with van der Waals surface area (Å²) in [5.74, 6) is 0.817. The first kappa shape index (κ1) is 24.5. The van der Waals surface area contributed by atoms with Crippen LogP contribution in [0.2, 0.25) is 0 Å². The van der Waals surface area contributed by atoms with E-state index in [1.165, 1.54) is 0 Å². The van der Waals surface area contributed by atoms with E-state index < -0.39 is 5.82 Å². The van der Waals surface area contributed by atoms with Gasteiger partial charge >= 0.3 is 6.01 Å². The number of hydrogen-bond donors (Lipinski definition) is 2. The first-order valence-corrected chi connectivity index (χ1v) is 14.0. The number of halogens is 1. The second-order valence-corrected chi connectivity index (χ2v) is 11.6.